The van der Waals surface area contributed by atoms with Crippen molar-refractivity contribution in [1.82, 2.24) is 0 Å². The standard InChI is InChI=1S/C14H24O2/c1-5-6-10-7-8-12(15)11(9-10)13(16)14(2,3)4/h10-11H,5-9H2,1-4H3. The molecular formula is C14H24O2. The van der Waals surface area contributed by atoms with Gasteiger partial charge in [-0.1, -0.05) is 40.5 Å². The second-order valence-electron chi connectivity index (χ2n) is 6.06. The van der Waals surface area contributed by atoms with Crippen molar-refractivity contribution in [2.45, 2.75) is 59.8 Å². The van der Waals surface area contributed by atoms with Crippen molar-refractivity contribution in [3.63, 3.8) is 0 Å². The molecule has 1 saturated carbocycles. The summed E-state index contributed by atoms with van der Waals surface area (Å²) in [6, 6.07) is 0. The van der Waals surface area contributed by atoms with Crippen molar-refractivity contribution in [3.8, 4) is 0 Å². The molecule has 92 valence electrons. The maximum Gasteiger partial charge on any atom is 0.148 e. The third-order valence-electron chi connectivity index (χ3n) is 3.51. The van der Waals surface area contributed by atoms with E-state index in [9.17, 15) is 9.59 Å². The first-order valence-electron chi connectivity index (χ1n) is 6.43. The summed E-state index contributed by atoms with van der Waals surface area (Å²) < 4.78 is 0. The summed E-state index contributed by atoms with van der Waals surface area (Å²) in [6.07, 6.45) is 4.69. The highest BCUT2D eigenvalue weighted by molar-refractivity contribution is 6.04. The first kappa shape index (κ1) is 13.4. The quantitative estimate of drug-likeness (QED) is 0.689. The summed E-state index contributed by atoms with van der Waals surface area (Å²) in [7, 11) is 0. The van der Waals surface area contributed by atoms with E-state index in [1.54, 1.807) is 0 Å². The van der Waals surface area contributed by atoms with Crippen molar-refractivity contribution < 1.29 is 9.59 Å². The molecule has 1 aliphatic carbocycles. The first-order valence-corrected chi connectivity index (χ1v) is 6.43. The molecule has 0 radical (unpaired) electrons. The number of hydrogen-bond acceptors (Lipinski definition) is 2. The molecule has 0 aromatic rings. The molecule has 16 heavy (non-hydrogen) atoms. The van der Waals surface area contributed by atoms with Gasteiger partial charge in [-0.15, -0.1) is 0 Å². The Hall–Kier alpha value is -0.660. The van der Waals surface area contributed by atoms with E-state index in [-0.39, 0.29) is 22.9 Å². The van der Waals surface area contributed by atoms with Crippen LogP contribution < -0.4 is 0 Å². The van der Waals surface area contributed by atoms with Crippen molar-refractivity contribution in [2.24, 2.45) is 17.3 Å². The van der Waals surface area contributed by atoms with Gasteiger partial charge in [0.15, 0.2) is 0 Å². The smallest absolute Gasteiger partial charge is 0.148 e. The molecule has 2 heteroatoms. The molecule has 0 bridgehead atoms. The highest BCUT2D eigenvalue weighted by Crippen LogP contribution is 2.34. The molecule has 0 heterocycles. The summed E-state index contributed by atoms with van der Waals surface area (Å²) in [5, 5.41) is 0. The van der Waals surface area contributed by atoms with Crippen LogP contribution in [0.15, 0.2) is 0 Å². The van der Waals surface area contributed by atoms with Gasteiger partial charge in [0.1, 0.15) is 11.6 Å². The van der Waals surface area contributed by atoms with Gasteiger partial charge in [-0.3, -0.25) is 9.59 Å². The van der Waals surface area contributed by atoms with Gasteiger partial charge < -0.3 is 0 Å². The van der Waals surface area contributed by atoms with Crippen LogP contribution in [0.5, 0.6) is 0 Å². The molecule has 0 aromatic carbocycles. The Kier molecular flexibility index (Phi) is 4.28. The first-order chi connectivity index (χ1) is 7.36. The third kappa shape index (κ3) is 3.16. The number of Topliss-reactive ketones (excluding diaryl/α,β-unsaturated/α-hetero) is 2. The van der Waals surface area contributed by atoms with Crippen LogP contribution in [-0.2, 0) is 9.59 Å². The monoisotopic (exact) mass is 224 g/mol. The maximum absolute atomic E-state index is 12.2. The fourth-order valence-electron chi connectivity index (χ4n) is 2.55. The lowest BCUT2D eigenvalue weighted by molar-refractivity contribution is -0.140. The summed E-state index contributed by atoms with van der Waals surface area (Å²) >= 11 is 0. The Morgan fingerprint density at radius 2 is 2.00 bits per heavy atom. The van der Waals surface area contributed by atoms with Crippen LogP contribution in [0.3, 0.4) is 0 Å². The number of rotatable bonds is 3. The lowest BCUT2D eigenvalue weighted by Gasteiger charge is -2.31. The van der Waals surface area contributed by atoms with Gasteiger partial charge >= 0.3 is 0 Å². The maximum atomic E-state index is 12.2. The predicted molar refractivity (Wildman–Crippen MR) is 65.2 cm³/mol. The summed E-state index contributed by atoms with van der Waals surface area (Å²) in [4.78, 5) is 24.0. The summed E-state index contributed by atoms with van der Waals surface area (Å²) in [6.45, 7) is 7.89. The predicted octanol–water partition coefficient (Wildman–Crippen LogP) is 3.39. The summed E-state index contributed by atoms with van der Waals surface area (Å²) in [5.74, 6) is 0.579. The highest BCUT2D eigenvalue weighted by atomic mass is 16.2. The van der Waals surface area contributed by atoms with Crippen LogP contribution in [0, 0.1) is 17.3 Å². The van der Waals surface area contributed by atoms with Crippen LogP contribution in [-0.4, -0.2) is 11.6 Å². The van der Waals surface area contributed by atoms with Crippen LogP contribution in [0.4, 0.5) is 0 Å². The van der Waals surface area contributed by atoms with Gasteiger partial charge in [0.25, 0.3) is 0 Å². The molecule has 0 spiro atoms. The van der Waals surface area contributed by atoms with Crippen LogP contribution >= 0.6 is 0 Å². The molecule has 1 fully saturated rings. The minimum absolute atomic E-state index is 0.137. The van der Waals surface area contributed by atoms with Gasteiger partial charge in [0.05, 0.1) is 5.92 Å². The van der Waals surface area contributed by atoms with E-state index in [2.05, 4.69) is 6.92 Å². The average Bonchev–Trinajstić information content (AvgIpc) is 2.19. The van der Waals surface area contributed by atoms with E-state index in [0.29, 0.717) is 12.3 Å². The average molecular weight is 224 g/mol. The Bertz CT molecular complexity index is 273. The molecule has 0 aromatic heterocycles. The van der Waals surface area contributed by atoms with Gasteiger partial charge in [-0.25, -0.2) is 0 Å². The van der Waals surface area contributed by atoms with E-state index in [1.807, 2.05) is 20.8 Å². The zero-order valence-corrected chi connectivity index (χ0v) is 11.0. The van der Waals surface area contributed by atoms with Gasteiger partial charge in [-0.2, -0.15) is 0 Å². The molecule has 0 amide bonds. The zero-order chi connectivity index (χ0) is 12.3. The van der Waals surface area contributed by atoms with E-state index in [0.717, 1.165) is 25.7 Å². The largest absolute Gasteiger partial charge is 0.299 e. The Balaban J connectivity index is 2.70. The van der Waals surface area contributed by atoms with Gasteiger partial charge in [-0.05, 0) is 18.8 Å². The van der Waals surface area contributed by atoms with E-state index >= 15 is 0 Å². The van der Waals surface area contributed by atoms with Crippen LogP contribution in [0.1, 0.15) is 59.8 Å². The topological polar surface area (TPSA) is 34.1 Å². The molecule has 0 aliphatic heterocycles. The van der Waals surface area contributed by atoms with Crippen molar-refractivity contribution in [1.29, 1.82) is 0 Å². The van der Waals surface area contributed by atoms with Gasteiger partial charge in [0, 0.05) is 11.8 Å². The fourth-order valence-corrected chi connectivity index (χ4v) is 2.55. The normalized spacial score (nSPS) is 26.9. The molecule has 1 aliphatic rings. The summed E-state index contributed by atoms with van der Waals surface area (Å²) in [5.41, 5.74) is -0.381. The minimum atomic E-state index is -0.381. The minimum Gasteiger partial charge on any atom is -0.299 e. The van der Waals surface area contributed by atoms with Crippen molar-refractivity contribution in [3.05, 3.63) is 0 Å². The Labute approximate surface area is 98.8 Å². The molecule has 0 saturated heterocycles. The van der Waals surface area contributed by atoms with Crippen LogP contribution in [0.25, 0.3) is 0 Å². The number of hydrogen-bond donors (Lipinski definition) is 0. The molecule has 1 rings (SSSR count). The third-order valence-corrected chi connectivity index (χ3v) is 3.51. The molecule has 2 atom stereocenters. The second-order valence-corrected chi connectivity index (χ2v) is 6.06. The van der Waals surface area contributed by atoms with E-state index in [1.165, 1.54) is 0 Å². The number of carbonyl (C=O) groups is 2. The van der Waals surface area contributed by atoms with Crippen LogP contribution in [0.2, 0.25) is 0 Å². The van der Waals surface area contributed by atoms with Crippen molar-refractivity contribution >= 4 is 11.6 Å². The number of ketones is 2. The van der Waals surface area contributed by atoms with Gasteiger partial charge in [0.2, 0.25) is 0 Å². The molecule has 2 unspecified atom stereocenters. The lowest BCUT2D eigenvalue weighted by atomic mass is 9.71. The zero-order valence-electron chi connectivity index (χ0n) is 11.0. The Morgan fingerprint density at radius 3 is 2.50 bits per heavy atom. The lowest BCUT2D eigenvalue weighted by Crippen LogP contribution is -2.37. The van der Waals surface area contributed by atoms with Crippen molar-refractivity contribution in [2.75, 3.05) is 0 Å². The second kappa shape index (κ2) is 5.11. The van der Waals surface area contributed by atoms with E-state index < -0.39 is 0 Å². The number of carbonyl (C=O) groups excluding carboxylic acids is 2. The van der Waals surface area contributed by atoms with E-state index in [4.69, 9.17) is 0 Å². The SMILES string of the molecule is CCCC1CCC(=O)C(C(=O)C(C)(C)C)C1. The highest BCUT2D eigenvalue weighted by Gasteiger charge is 2.38. The molecular weight excluding hydrogens is 200 g/mol. The fraction of sp³-hybridized carbons (Fsp3) is 0.857. The Morgan fingerprint density at radius 1 is 1.38 bits per heavy atom. The molecule has 0 N–H and O–H groups in total. The molecule has 2 nitrogen and oxygen atoms in total.